The fourth-order valence-electron chi connectivity index (χ4n) is 1.95. The summed E-state index contributed by atoms with van der Waals surface area (Å²) in [5.41, 5.74) is 7.94. The standard InChI is InChI=1S/C12H11N3O/c13-6-9-7-15-11(14-9)5-4-8-2-1-3-10(16)12(8)15/h1-5,7,16H,6,13H2. The molecule has 0 aliphatic carbocycles. The molecule has 0 aliphatic rings. The lowest BCUT2D eigenvalue weighted by Crippen LogP contribution is -1.95. The molecule has 0 amide bonds. The van der Waals surface area contributed by atoms with Crippen LogP contribution in [0.4, 0.5) is 0 Å². The van der Waals surface area contributed by atoms with Gasteiger partial charge in [-0.2, -0.15) is 0 Å². The topological polar surface area (TPSA) is 63.5 Å². The zero-order valence-electron chi connectivity index (χ0n) is 8.59. The summed E-state index contributed by atoms with van der Waals surface area (Å²) in [7, 11) is 0. The number of para-hydroxylation sites is 1. The number of aromatic nitrogens is 2. The Balaban J connectivity index is 2.51. The Kier molecular flexibility index (Phi) is 1.84. The zero-order chi connectivity index (χ0) is 11.1. The van der Waals surface area contributed by atoms with Crippen molar-refractivity contribution in [2.24, 2.45) is 5.73 Å². The van der Waals surface area contributed by atoms with Gasteiger partial charge in [0.25, 0.3) is 0 Å². The van der Waals surface area contributed by atoms with Gasteiger partial charge in [-0.1, -0.05) is 12.1 Å². The number of benzene rings is 1. The van der Waals surface area contributed by atoms with Crippen LogP contribution in [0.15, 0.2) is 36.5 Å². The lowest BCUT2D eigenvalue weighted by atomic mass is 10.2. The molecular weight excluding hydrogens is 202 g/mol. The predicted octanol–water partition coefficient (Wildman–Crippen LogP) is 1.65. The van der Waals surface area contributed by atoms with E-state index in [2.05, 4.69) is 4.98 Å². The molecule has 0 aliphatic heterocycles. The predicted molar refractivity (Wildman–Crippen MR) is 62.3 cm³/mol. The second kappa shape index (κ2) is 3.21. The monoisotopic (exact) mass is 213 g/mol. The van der Waals surface area contributed by atoms with E-state index in [0.29, 0.717) is 6.54 Å². The maximum atomic E-state index is 9.87. The van der Waals surface area contributed by atoms with E-state index in [1.54, 1.807) is 6.07 Å². The number of hydrogen-bond acceptors (Lipinski definition) is 3. The summed E-state index contributed by atoms with van der Waals surface area (Å²) in [5, 5.41) is 10.9. The summed E-state index contributed by atoms with van der Waals surface area (Å²) in [5.74, 6) is 0.254. The first-order valence-electron chi connectivity index (χ1n) is 5.08. The highest BCUT2D eigenvalue weighted by Gasteiger charge is 2.06. The molecule has 2 aromatic heterocycles. The van der Waals surface area contributed by atoms with E-state index in [-0.39, 0.29) is 5.75 Å². The van der Waals surface area contributed by atoms with E-state index < -0.39 is 0 Å². The maximum absolute atomic E-state index is 9.87. The molecule has 4 nitrogen and oxygen atoms in total. The SMILES string of the molecule is NCc1cn2c(ccc3cccc(O)c32)n1. The van der Waals surface area contributed by atoms with Gasteiger partial charge in [-0.05, 0) is 18.2 Å². The van der Waals surface area contributed by atoms with Crippen LogP contribution < -0.4 is 5.73 Å². The van der Waals surface area contributed by atoms with Gasteiger partial charge >= 0.3 is 0 Å². The van der Waals surface area contributed by atoms with Crippen molar-refractivity contribution in [1.82, 2.24) is 9.38 Å². The van der Waals surface area contributed by atoms with Gasteiger partial charge in [0.15, 0.2) is 0 Å². The van der Waals surface area contributed by atoms with E-state index >= 15 is 0 Å². The van der Waals surface area contributed by atoms with Gasteiger partial charge in [0.1, 0.15) is 11.4 Å². The number of fused-ring (bicyclic) bond motifs is 3. The number of phenolic OH excluding ortho intramolecular Hbond substituents is 1. The molecule has 0 saturated carbocycles. The molecule has 16 heavy (non-hydrogen) atoms. The highest BCUT2D eigenvalue weighted by molar-refractivity contribution is 5.87. The number of imidazole rings is 1. The third kappa shape index (κ3) is 1.17. The van der Waals surface area contributed by atoms with Gasteiger partial charge in [0, 0.05) is 18.1 Å². The Hall–Kier alpha value is -2.07. The Morgan fingerprint density at radius 1 is 1.25 bits per heavy atom. The summed E-state index contributed by atoms with van der Waals surface area (Å²) in [6.45, 7) is 0.400. The van der Waals surface area contributed by atoms with Gasteiger partial charge in [0.2, 0.25) is 0 Å². The van der Waals surface area contributed by atoms with Crippen molar-refractivity contribution in [2.45, 2.75) is 6.54 Å². The first-order chi connectivity index (χ1) is 7.79. The molecule has 3 rings (SSSR count). The number of pyridine rings is 1. The van der Waals surface area contributed by atoms with Crippen molar-refractivity contribution in [3.8, 4) is 5.75 Å². The van der Waals surface area contributed by atoms with Crippen molar-refractivity contribution >= 4 is 16.6 Å². The van der Waals surface area contributed by atoms with Crippen LogP contribution in [0.1, 0.15) is 5.69 Å². The molecular formula is C12H11N3O. The van der Waals surface area contributed by atoms with Crippen LogP contribution in [0.25, 0.3) is 16.6 Å². The normalized spacial score (nSPS) is 11.3. The van der Waals surface area contributed by atoms with E-state index in [1.807, 2.05) is 34.9 Å². The molecule has 0 atom stereocenters. The Bertz CT molecular complexity index is 672. The summed E-state index contributed by atoms with van der Waals surface area (Å²) in [6.07, 6.45) is 1.86. The van der Waals surface area contributed by atoms with Crippen molar-refractivity contribution in [1.29, 1.82) is 0 Å². The van der Waals surface area contributed by atoms with Crippen LogP contribution in [-0.4, -0.2) is 14.5 Å². The van der Waals surface area contributed by atoms with Crippen LogP contribution in [0.2, 0.25) is 0 Å². The number of hydrogen-bond donors (Lipinski definition) is 2. The summed E-state index contributed by atoms with van der Waals surface area (Å²) in [6, 6.07) is 9.31. The largest absolute Gasteiger partial charge is 0.506 e. The van der Waals surface area contributed by atoms with Crippen LogP contribution in [0.5, 0.6) is 5.75 Å². The number of rotatable bonds is 1. The maximum Gasteiger partial charge on any atom is 0.140 e. The molecule has 0 spiro atoms. The van der Waals surface area contributed by atoms with Crippen LogP contribution in [-0.2, 0) is 6.54 Å². The Morgan fingerprint density at radius 3 is 2.94 bits per heavy atom. The summed E-state index contributed by atoms with van der Waals surface area (Å²) in [4.78, 5) is 4.35. The number of nitrogens with zero attached hydrogens (tertiary/aromatic N) is 2. The first-order valence-corrected chi connectivity index (χ1v) is 5.08. The lowest BCUT2D eigenvalue weighted by Gasteiger charge is -2.03. The molecule has 0 bridgehead atoms. The number of aromatic hydroxyl groups is 1. The number of phenols is 1. The molecule has 0 radical (unpaired) electrons. The molecule has 0 fully saturated rings. The zero-order valence-corrected chi connectivity index (χ0v) is 8.59. The molecule has 0 saturated heterocycles. The second-order valence-electron chi connectivity index (χ2n) is 3.71. The molecule has 3 aromatic rings. The fourth-order valence-corrected chi connectivity index (χ4v) is 1.95. The van der Waals surface area contributed by atoms with Gasteiger partial charge in [0.05, 0.1) is 11.2 Å². The minimum atomic E-state index is 0.254. The highest BCUT2D eigenvalue weighted by Crippen LogP contribution is 2.25. The smallest absolute Gasteiger partial charge is 0.140 e. The van der Waals surface area contributed by atoms with Crippen LogP contribution in [0.3, 0.4) is 0 Å². The van der Waals surface area contributed by atoms with E-state index in [9.17, 15) is 5.11 Å². The average Bonchev–Trinajstić information content (AvgIpc) is 2.72. The third-order valence-corrected chi connectivity index (χ3v) is 2.69. The van der Waals surface area contributed by atoms with Crippen molar-refractivity contribution in [3.05, 3.63) is 42.2 Å². The Labute approximate surface area is 91.9 Å². The second-order valence-corrected chi connectivity index (χ2v) is 3.71. The van der Waals surface area contributed by atoms with Gasteiger partial charge in [-0.3, -0.25) is 4.40 Å². The molecule has 4 heteroatoms. The minimum absolute atomic E-state index is 0.254. The Morgan fingerprint density at radius 2 is 2.12 bits per heavy atom. The number of nitrogens with two attached hydrogens (primary N) is 1. The van der Waals surface area contributed by atoms with Gasteiger partial charge < -0.3 is 10.8 Å². The quantitative estimate of drug-likeness (QED) is 0.646. The first kappa shape index (κ1) is 9.18. The summed E-state index contributed by atoms with van der Waals surface area (Å²) >= 11 is 0. The van der Waals surface area contributed by atoms with E-state index in [0.717, 1.165) is 22.2 Å². The highest BCUT2D eigenvalue weighted by atomic mass is 16.3. The van der Waals surface area contributed by atoms with E-state index in [4.69, 9.17) is 5.73 Å². The molecule has 1 aromatic carbocycles. The van der Waals surface area contributed by atoms with Gasteiger partial charge in [-0.25, -0.2) is 4.98 Å². The van der Waals surface area contributed by atoms with Crippen LogP contribution in [0, 0.1) is 0 Å². The average molecular weight is 213 g/mol. The fraction of sp³-hybridized carbons (Fsp3) is 0.0833. The molecule has 0 unspecified atom stereocenters. The van der Waals surface area contributed by atoms with Crippen molar-refractivity contribution < 1.29 is 5.11 Å². The molecule has 3 N–H and O–H groups in total. The molecule has 80 valence electrons. The van der Waals surface area contributed by atoms with Crippen molar-refractivity contribution in [2.75, 3.05) is 0 Å². The molecule has 2 heterocycles. The third-order valence-electron chi connectivity index (χ3n) is 2.69. The summed E-state index contributed by atoms with van der Waals surface area (Å²) < 4.78 is 1.87. The van der Waals surface area contributed by atoms with Gasteiger partial charge in [-0.15, -0.1) is 0 Å². The van der Waals surface area contributed by atoms with Crippen molar-refractivity contribution in [3.63, 3.8) is 0 Å². The minimum Gasteiger partial charge on any atom is -0.506 e. The lowest BCUT2D eigenvalue weighted by molar-refractivity contribution is 0.480. The van der Waals surface area contributed by atoms with E-state index in [1.165, 1.54) is 0 Å². The van der Waals surface area contributed by atoms with Crippen LogP contribution >= 0.6 is 0 Å².